The zero-order valence-electron chi connectivity index (χ0n) is 11.6. The van der Waals surface area contributed by atoms with Gasteiger partial charge in [0.25, 0.3) is 5.56 Å². The molecule has 0 fully saturated rings. The topological polar surface area (TPSA) is 71.3 Å². The van der Waals surface area contributed by atoms with E-state index in [1.165, 1.54) is 10.6 Å². The maximum absolute atomic E-state index is 11.7. The summed E-state index contributed by atoms with van der Waals surface area (Å²) >= 11 is 0. The van der Waals surface area contributed by atoms with Crippen LogP contribution >= 0.6 is 0 Å². The highest BCUT2D eigenvalue weighted by atomic mass is 16.3. The zero-order valence-corrected chi connectivity index (χ0v) is 11.6. The van der Waals surface area contributed by atoms with E-state index in [-0.39, 0.29) is 24.4 Å². The fourth-order valence-electron chi connectivity index (χ4n) is 1.72. The third kappa shape index (κ3) is 4.87. The van der Waals surface area contributed by atoms with Crippen LogP contribution < -0.4 is 10.9 Å². The van der Waals surface area contributed by atoms with Crippen molar-refractivity contribution in [3.8, 4) is 0 Å². The molecule has 0 radical (unpaired) electrons. The molecule has 5 nitrogen and oxygen atoms in total. The molecule has 0 saturated heterocycles. The fraction of sp³-hybridized carbons (Fsp3) is 0.571. The lowest BCUT2D eigenvalue weighted by Gasteiger charge is -2.25. The number of carbonyl (C=O) groups is 1. The van der Waals surface area contributed by atoms with E-state index in [1.54, 1.807) is 18.3 Å². The third-order valence-corrected chi connectivity index (χ3v) is 3.41. The Morgan fingerprint density at radius 2 is 2.05 bits per heavy atom. The lowest BCUT2D eigenvalue weighted by Crippen LogP contribution is -2.42. The predicted molar refractivity (Wildman–Crippen MR) is 73.9 cm³/mol. The summed E-state index contributed by atoms with van der Waals surface area (Å²) in [6, 6.07) is 4.89. The largest absolute Gasteiger partial charge is 0.388 e. The molecule has 0 unspecified atom stereocenters. The molecule has 1 heterocycles. The van der Waals surface area contributed by atoms with E-state index in [4.69, 9.17) is 0 Å². The molecule has 0 saturated carbocycles. The monoisotopic (exact) mass is 266 g/mol. The number of nitrogens with zero attached hydrogens (tertiary/aromatic N) is 1. The Morgan fingerprint density at radius 3 is 2.63 bits per heavy atom. The molecule has 0 bridgehead atoms. The molecule has 19 heavy (non-hydrogen) atoms. The summed E-state index contributed by atoms with van der Waals surface area (Å²) in [7, 11) is 0. The first kappa shape index (κ1) is 15.4. The number of rotatable bonds is 7. The molecular weight excluding hydrogens is 244 g/mol. The van der Waals surface area contributed by atoms with Crippen LogP contribution in [0.1, 0.15) is 33.1 Å². The van der Waals surface area contributed by atoms with Crippen molar-refractivity contribution >= 4 is 5.91 Å². The highest BCUT2D eigenvalue weighted by Gasteiger charge is 2.22. The second-order valence-electron chi connectivity index (χ2n) is 4.69. The van der Waals surface area contributed by atoms with Crippen LogP contribution in [0.5, 0.6) is 0 Å². The van der Waals surface area contributed by atoms with Gasteiger partial charge in [0.05, 0.1) is 5.60 Å². The number of aliphatic hydroxyl groups is 1. The second-order valence-corrected chi connectivity index (χ2v) is 4.69. The number of hydrogen-bond donors (Lipinski definition) is 2. The highest BCUT2D eigenvalue weighted by Crippen LogP contribution is 2.12. The Bertz CT molecular complexity index is 464. The highest BCUT2D eigenvalue weighted by molar-refractivity contribution is 5.75. The van der Waals surface area contributed by atoms with Crippen LogP contribution in [0.3, 0.4) is 0 Å². The average Bonchev–Trinajstić information content (AvgIpc) is 2.44. The molecule has 1 aromatic heterocycles. The summed E-state index contributed by atoms with van der Waals surface area (Å²) in [5.41, 5.74) is -0.951. The molecule has 0 spiro atoms. The van der Waals surface area contributed by atoms with Crippen molar-refractivity contribution in [1.82, 2.24) is 9.88 Å². The van der Waals surface area contributed by atoms with Gasteiger partial charge in [0.2, 0.25) is 5.91 Å². The van der Waals surface area contributed by atoms with Crippen molar-refractivity contribution in [1.29, 1.82) is 0 Å². The standard InChI is InChI=1S/C14H22N2O3/c1-3-14(19,4-2)11-15-12(17)8-10-16-9-6-5-7-13(16)18/h5-7,9,19H,3-4,8,10-11H2,1-2H3,(H,15,17). The number of nitrogens with one attached hydrogen (secondary N) is 1. The van der Waals surface area contributed by atoms with Crippen LogP contribution in [0.15, 0.2) is 29.2 Å². The molecule has 0 aromatic carbocycles. The summed E-state index contributed by atoms with van der Waals surface area (Å²) in [6.07, 6.45) is 3.08. The van der Waals surface area contributed by atoms with E-state index in [9.17, 15) is 14.7 Å². The molecule has 106 valence electrons. The van der Waals surface area contributed by atoms with Gasteiger partial charge in [0.1, 0.15) is 0 Å². The van der Waals surface area contributed by atoms with Gasteiger partial charge in [-0.25, -0.2) is 0 Å². The van der Waals surface area contributed by atoms with Crippen LogP contribution in [0.2, 0.25) is 0 Å². The first-order valence-corrected chi connectivity index (χ1v) is 6.65. The van der Waals surface area contributed by atoms with Crippen LogP contribution in [-0.4, -0.2) is 27.7 Å². The minimum absolute atomic E-state index is 0.117. The molecule has 1 aromatic rings. The van der Waals surface area contributed by atoms with Crippen LogP contribution in [-0.2, 0) is 11.3 Å². The maximum Gasteiger partial charge on any atom is 0.250 e. The number of pyridine rings is 1. The number of carbonyl (C=O) groups excluding carboxylic acids is 1. The van der Waals surface area contributed by atoms with E-state index in [2.05, 4.69) is 5.32 Å². The lowest BCUT2D eigenvalue weighted by molar-refractivity contribution is -0.122. The minimum Gasteiger partial charge on any atom is -0.388 e. The van der Waals surface area contributed by atoms with Crippen molar-refractivity contribution in [2.24, 2.45) is 0 Å². The molecule has 5 heteroatoms. The summed E-state index contributed by atoms with van der Waals surface area (Å²) in [6.45, 7) is 4.38. The van der Waals surface area contributed by atoms with Gasteiger partial charge in [0, 0.05) is 31.8 Å². The molecule has 0 atom stereocenters. The summed E-state index contributed by atoms with van der Waals surface area (Å²) in [4.78, 5) is 23.1. The molecule has 0 aliphatic heterocycles. The normalized spacial score (nSPS) is 11.3. The van der Waals surface area contributed by atoms with E-state index in [1.807, 2.05) is 13.8 Å². The third-order valence-electron chi connectivity index (χ3n) is 3.41. The molecule has 0 aliphatic carbocycles. The molecule has 2 N–H and O–H groups in total. The van der Waals surface area contributed by atoms with E-state index >= 15 is 0 Å². The summed E-state index contributed by atoms with van der Waals surface area (Å²) in [5.74, 6) is -0.156. The van der Waals surface area contributed by atoms with Crippen LogP contribution in [0.25, 0.3) is 0 Å². The fourth-order valence-corrected chi connectivity index (χ4v) is 1.72. The zero-order chi connectivity index (χ0) is 14.3. The summed E-state index contributed by atoms with van der Waals surface area (Å²) < 4.78 is 1.49. The van der Waals surface area contributed by atoms with Crippen LogP contribution in [0, 0.1) is 0 Å². The van der Waals surface area contributed by atoms with E-state index in [0.717, 1.165) is 0 Å². The Labute approximate surface area is 113 Å². The first-order valence-electron chi connectivity index (χ1n) is 6.65. The van der Waals surface area contributed by atoms with Crippen molar-refractivity contribution in [2.45, 2.75) is 45.3 Å². The molecule has 0 aliphatic rings. The van der Waals surface area contributed by atoms with Gasteiger partial charge in [0.15, 0.2) is 0 Å². The van der Waals surface area contributed by atoms with Gasteiger partial charge in [-0.1, -0.05) is 19.9 Å². The minimum atomic E-state index is -0.834. The Morgan fingerprint density at radius 1 is 1.37 bits per heavy atom. The Hall–Kier alpha value is -1.62. The van der Waals surface area contributed by atoms with Gasteiger partial charge < -0.3 is 15.0 Å². The lowest BCUT2D eigenvalue weighted by atomic mass is 9.97. The van der Waals surface area contributed by atoms with Gasteiger partial charge in [-0.15, -0.1) is 0 Å². The molecule has 1 amide bonds. The number of aromatic nitrogens is 1. The Kier molecular flexibility index (Phi) is 5.76. The number of hydrogen-bond acceptors (Lipinski definition) is 3. The molecular formula is C14H22N2O3. The quantitative estimate of drug-likeness (QED) is 0.770. The average molecular weight is 266 g/mol. The van der Waals surface area contributed by atoms with Crippen molar-refractivity contribution in [3.05, 3.63) is 34.7 Å². The summed E-state index contributed by atoms with van der Waals surface area (Å²) in [5, 5.41) is 12.7. The van der Waals surface area contributed by atoms with E-state index < -0.39 is 5.60 Å². The SMILES string of the molecule is CCC(O)(CC)CNC(=O)CCn1ccccc1=O. The predicted octanol–water partition coefficient (Wildman–Crippen LogP) is 0.906. The number of aryl methyl sites for hydroxylation is 1. The van der Waals surface area contributed by atoms with E-state index in [0.29, 0.717) is 19.4 Å². The molecule has 1 rings (SSSR count). The Balaban J connectivity index is 2.41. The van der Waals surface area contributed by atoms with Gasteiger partial charge in [-0.05, 0) is 18.9 Å². The number of amides is 1. The maximum atomic E-state index is 11.7. The van der Waals surface area contributed by atoms with Gasteiger partial charge in [-0.3, -0.25) is 9.59 Å². The second kappa shape index (κ2) is 7.09. The first-order chi connectivity index (χ1) is 9.00. The van der Waals surface area contributed by atoms with Gasteiger partial charge in [-0.2, -0.15) is 0 Å². The van der Waals surface area contributed by atoms with Crippen molar-refractivity contribution < 1.29 is 9.90 Å². The van der Waals surface area contributed by atoms with Crippen molar-refractivity contribution in [2.75, 3.05) is 6.54 Å². The van der Waals surface area contributed by atoms with Gasteiger partial charge >= 0.3 is 0 Å². The van der Waals surface area contributed by atoms with Crippen LogP contribution in [0.4, 0.5) is 0 Å². The van der Waals surface area contributed by atoms with Crippen molar-refractivity contribution in [3.63, 3.8) is 0 Å². The smallest absolute Gasteiger partial charge is 0.250 e.